The smallest absolute Gasteiger partial charge is 0.161 e. The molecule has 0 aromatic carbocycles. The van der Waals surface area contributed by atoms with Gasteiger partial charge in [-0.2, -0.15) is 0 Å². The molecule has 3 heteroatoms. The number of carbonyl (C=O) groups excluding carboxylic acids is 1. The Hall–Kier alpha value is -0.670. The number of rotatable bonds is 2. The van der Waals surface area contributed by atoms with Crippen molar-refractivity contribution < 1.29 is 15.0 Å². The molecule has 0 bridgehead atoms. The van der Waals surface area contributed by atoms with Crippen LogP contribution in [-0.2, 0) is 4.79 Å². The summed E-state index contributed by atoms with van der Waals surface area (Å²) in [6, 6.07) is 0. The van der Waals surface area contributed by atoms with Gasteiger partial charge in [-0.15, -0.1) is 0 Å². The largest absolute Gasteiger partial charge is 0.392 e. The van der Waals surface area contributed by atoms with E-state index in [1.165, 1.54) is 0 Å². The highest BCUT2D eigenvalue weighted by Gasteiger charge is 2.30. The maximum atomic E-state index is 11.6. The quantitative estimate of drug-likeness (QED) is 0.693. The molecular weight excluding hydrogens is 180 g/mol. The van der Waals surface area contributed by atoms with E-state index in [1.807, 2.05) is 13.8 Å². The SMILES string of the molecule is CC(C)C(=O)C1=CC(O)C(C)C(O)C1. The Morgan fingerprint density at radius 1 is 1.50 bits per heavy atom. The first kappa shape index (κ1) is 11.4. The second kappa shape index (κ2) is 4.24. The van der Waals surface area contributed by atoms with Crippen molar-refractivity contribution in [3.8, 4) is 0 Å². The molecular formula is C11H18O3. The Bertz CT molecular complexity index is 255. The van der Waals surface area contributed by atoms with Crippen LogP contribution in [0.15, 0.2) is 11.6 Å². The topological polar surface area (TPSA) is 57.5 Å². The van der Waals surface area contributed by atoms with Crippen LogP contribution in [0.3, 0.4) is 0 Å². The Kier molecular flexibility index (Phi) is 3.45. The van der Waals surface area contributed by atoms with Crippen molar-refractivity contribution in [2.45, 2.75) is 39.4 Å². The molecule has 0 aromatic rings. The van der Waals surface area contributed by atoms with Crippen molar-refractivity contribution in [1.82, 2.24) is 0 Å². The van der Waals surface area contributed by atoms with Gasteiger partial charge in [-0.25, -0.2) is 0 Å². The monoisotopic (exact) mass is 198 g/mol. The Balaban J connectivity index is 2.82. The van der Waals surface area contributed by atoms with Crippen LogP contribution in [0.5, 0.6) is 0 Å². The van der Waals surface area contributed by atoms with Crippen LogP contribution in [0.4, 0.5) is 0 Å². The van der Waals surface area contributed by atoms with E-state index in [0.717, 1.165) is 0 Å². The molecule has 0 saturated carbocycles. The lowest BCUT2D eigenvalue weighted by molar-refractivity contribution is -0.119. The van der Waals surface area contributed by atoms with E-state index in [0.29, 0.717) is 12.0 Å². The van der Waals surface area contributed by atoms with Gasteiger partial charge in [-0.05, 0) is 11.6 Å². The van der Waals surface area contributed by atoms with E-state index in [9.17, 15) is 15.0 Å². The minimum atomic E-state index is -0.698. The van der Waals surface area contributed by atoms with Crippen molar-refractivity contribution in [1.29, 1.82) is 0 Å². The standard InChI is InChI=1S/C11H18O3/c1-6(2)11(14)8-4-9(12)7(3)10(13)5-8/h4,6-7,9-10,12-13H,5H2,1-3H3. The fourth-order valence-electron chi connectivity index (χ4n) is 1.62. The van der Waals surface area contributed by atoms with Crippen LogP contribution in [0.2, 0.25) is 0 Å². The zero-order valence-corrected chi connectivity index (χ0v) is 8.90. The average Bonchev–Trinajstić information content (AvgIpc) is 2.12. The molecule has 0 spiro atoms. The summed E-state index contributed by atoms with van der Waals surface area (Å²) in [5.74, 6) is -0.234. The number of carbonyl (C=O) groups is 1. The van der Waals surface area contributed by atoms with Gasteiger partial charge in [0, 0.05) is 18.3 Å². The summed E-state index contributed by atoms with van der Waals surface area (Å²) in [5.41, 5.74) is 0.568. The number of aliphatic hydroxyl groups excluding tert-OH is 2. The van der Waals surface area contributed by atoms with E-state index in [4.69, 9.17) is 0 Å². The van der Waals surface area contributed by atoms with Gasteiger partial charge >= 0.3 is 0 Å². The Labute approximate surface area is 84.4 Å². The number of hydrogen-bond donors (Lipinski definition) is 2. The van der Waals surface area contributed by atoms with E-state index >= 15 is 0 Å². The van der Waals surface area contributed by atoms with Gasteiger partial charge in [0.1, 0.15) is 0 Å². The molecule has 1 aliphatic carbocycles. The number of aliphatic hydroxyl groups is 2. The summed E-state index contributed by atoms with van der Waals surface area (Å²) in [6.45, 7) is 5.42. The van der Waals surface area contributed by atoms with Gasteiger partial charge in [0.15, 0.2) is 5.78 Å². The zero-order chi connectivity index (χ0) is 10.9. The van der Waals surface area contributed by atoms with Gasteiger partial charge in [0.25, 0.3) is 0 Å². The van der Waals surface area contributed by atoms with Crippen LogP contribution in [0.1, 0.15) is 27.2 Å². The predicted molar refractivity (Wildman–Crippen MR) is 53.7 cm³/mol. The second-order valence-corrected chi connectivity index (χ2v) is 4.33. The van der Waals surface area contributed by atoms with Crippen molar-refractivity contribution in [3.05, 3.63) is 11.6 Å². The molecule has 3 atom stereocenters. The normalized spacial score (nSPS) is 33.0. The maximum Gasteiger partial charge on any atom is 0.161 e. The molecule has 3 unspecified atom stereocenters. The highest BCUT2D eigenvalue weighted by molar-refractivity contribution is 5.97. The number of Topliss-reactive ketones (excluding diaryl/α,β-unsaturated/α-hetero) is 1. The van der Waals surface area contributed by atoms with Gasteiger partial charge < -0.3 is 10.2 Å². The van der Waals surface area contributed by atoms with E-state index in [2.05, 4.69) is 0 Å². The third-order valence-corrected chi connectivity index (χ3v) is 2.79. The van der Waals surface area contributed by atoms with Crippen molar-refractivity contribution in [2.24, 2.45) is 11.8 Å². The highest BCUT2D eigenvalue weighted by atomic mass is 16.3. The molecule has 2 N–H and O–H groups in total. The van der Waals surface area contributed by atoms with Crippen molar-refractivity contribution >= 4 is 5.78 Å². The van der Waals surface area contributed by atoms with Crippen LogP contribution >= 0.6 is 0 Å². The van der Waals surface area contributed by atoms with Crippen molar-refractivity contribution in [3.63, 3.8) is 0 Å². The third kappa shape index (κ3) is 2.22. The molecule has 3 nitrogen and oxygen atoms in total. The summed E-state index contributed by atoms with van der Waals surface area (Å²) in [4.78, 5) is 11.6. The molecule has 0 fully saturated rings. The van der Waals surface area contributed by atoms with Gasteiger partial charge in [0.05, 0.1) is 12.2 Å². The molecule has 1 aliphatic rings. The first-order chi connectivity index (χ1) is 6.43. The summed E-state index contributed by atoms with van der Waals surface area (Å²) in [6.07, 6.45) is 0.652. The zero-order valence-electron chi connectivity index (χ0n) is 8.90. The highest BCUT2D eigenvalue weighted by Crippen LogP contribution is 2.26. The van der Waals surface area contributed by atoms with E-state index in [-0.39, 0.29) is 17.6 Å². The molecule has 0 saturated heterocycles. The molecule has 80 valence electrons. The predicted octanol–water partition coefficient (Wildman–Crippen LogP) is 0.899. The maximum absolute atomic E-state index is 11.6. The van der Waals surface area contributed by atoms with Crippen LogP contribution in [0, 0.1) is 11.8 Å². The van der Waals surface area contributed by atoms with E-state index in [1.54, 1.807) is 13.0 Å². The summed E-state index contributed by atoms with van der Waals surface area (Å²) >= 11 is 0. The minimum Gasteiger partial charge on any atom is -0.392 e. The Morgan fingerprint density at radius 2 is 2.07 bits per heavy atom. The Morgan fingerprint density at radius 3 is 2.50 bits per heavy atom. The van der Waals surface area contributed by atoms with Gasteiger partial charge in [-0.1, -0.05) is 20.8 Å². The second-order valence-electron chi connectivity index (χ2n) is 4.33. The van der Waals surface area contributed by atoms with Crippen LogP contribution < -0.4 is 0 Å². The molecule has 14 heavy (non-hydrogen) atoms. The molecule has 0 aliphatic heterocycles. The lowest BCUT2D eigenvalue weighted by atomic mass is 9.82. The average molecular weight is 198 g/mol. The fourth-order valence-corrected chi connectivity index (χ4v) is 1.62. The van der Waals surface area contributed by atoms with E-state index < -0.39 is 12.2 Å². The lowest BCUT2D eigenvalue weighted by Gasteiger charge is -2.28. The van der Waals surface area contributed by atoms with Gasteiger partial charge in [0.2, 0.25) is 0 Å². The molecule has 0 amide bonds. The molecule has 0 heterocycles. The molecule has 0 aromatic heterocycles. The molecule has 1 rings (SSSR count). The van der Waals surface area contributed by atoms with Crippen LogP contribution in [0.25, 0.3) is 0 Å². The summed E-state index contributed by atoms with van der Waals surface area (Å²) < 4.78 is 0. The minimum absolute atomic E-state index is 0.0231. The number of hydrogen-bond acceptors (Lipinski definition) is 3. The third-order valence-electron chi connectivity index (χ3n) is 2.79. The summed E-state index contributed by atoms with van der Waals surface area (Å²) in [7, 11) is 0. The number of ketones is 1. The lowest BCUT2D eigenvalue weighted by Crippen LogP contribution is -2.34. The molecule has 0 radical (unpaired) electrons. The fraction of sp³-hybridized carbons (Fsp3) is 0.727. The first-order valence-corrected chi connectivity index (χ1v) is 5.04. The summed E-state index contributed by atoms with van der Waals surface area (Å²) in [5, 5.41) is 19.2. The van der Waals surface area contributed by atoms with Gasteiger partial charge in [-0.3, -0.25) is 4.79 Å². The first-order valence-electron chi connectivity index (χ1n) is 5.04. The van der Waals surface area contributed by atoms with Crippen LogP contribution in [-0.4, -0.2) is 28.2 Å². The van der Waals surface area contributed by atoms with Crippen molar-refractivity contribution in [2.75, 3.05) is 0 Å².